The number of ketones is 3. The van der Waals surface area contributed by atoms with E-state index in [1.165, 1.54) is 39.0 Å². The molecule has 0 radical (unpaired) electrons. The van der Waals surface area contributed by atoms with E-state index in [-0.39, 0.29) is 124 Å². The summed E-state index contributed by atoms with van der Waals surface area (Å²) in [5, 5.41) is 93.0. The first kappa shape index (κ1) is 78.6. The summed E-state index contributed by atoms with van der Waals surface area (Å²) >= 11 is 0. The number of Topliss-reactive ketones (excluding diaryl/α,β-unsaturated/α-hetero) is 3. The van der Waals surface area contributed by atoms with Crippen LogP contribution in [0.4, 0.5) is 0 Å². The number of carboxylic acids is 6. The van der Waals surface area contributed by atoms with Crippen molar-refractivity contribution < 1.29 is 113 Å². The summed E-state index contributed by atoms with van der Waals surface area (Å²) in [4.78, 5) is 176. The second-order valence-corrected chi connectivity index (χ2v) is 21.2. The van der Waals surface area contributed by atoms with Gasteiger partial charge >= 0.3 is 37.7 Å². The molecule has 2 heterocycles. The molecule has 2 aromatic rings. The van der Waals surface area contributed by atoms with Crippen molar-refractivity contribution in [2.24, 2.45) is 17.8 Å². The summed E-state index contributed by atoms with van der Waals surface area (Å²) in [6, 6.07) is 2.43. The summed E-state index contributed by atoms with van der Waals surface area (Å²) in [5.41, 5.74) is 0.960. The van der Waals surface area contributed by atoms with Crippen molar-refractivity contribution in [2.75, 3.05) is 118 Å². The quantitative estimate of drug-likeness (QED) is 0.0218. The number of nitrogens with zero attached hydrogens (tertiary/aromatic N) is 5. The summed E-state index contributed by atoms with van der Waals surface area (Å²) < 4.78 is 10.8. The molecule has 1 aliphatic heterocycles. The third-order valence-electron chi connectivity index (χ3n) is 14.3. The third kappa shape index (κ3) is 31.3. The van der Waals surface area contributed by atoms with Gasteiger partial charge in [0, 0.05) is 128 Å². The average molecular weight is 1330 g/mol. The van der Waals surface area contributed by atoms with Gasteiger partial charge < -0.3 is 91.0 Å². The molecule has 1 fully saturated rings. The van der Waals surface area contributed by atoms with Crippen LogP contribution >= 0.6 is 0 Å². The average Bonchev–Trinajstić information content (AvgIpc) is 1.77. The molecule has 7 atom stereocenters. The van der Waals surface area contributed by atoms with Gasteiger partial charge in [0.15, 0.2) is 17.3 Å². The summed E-state index contributed by atoms with van der Waals surface area (Å²) in [7, 11) is 0. The largest absolute Gasteiger partial charge is 3.00 e. The Balaban J connectivity index is 0.0000276. The summed E-state index contributed by atoms with van der Waals surface area (Å²) in [6.07, 6.45) is -0.690. The molecule has 1 unspecified atom stereocenters. The molecule has 34 heteroatoms. The molecule has 3 rings (SSSR count). The van der Waals surface area contributed by atoms with Crippen LogP contribution in [0.2, 0.25) is 0 Å². The van der Waals surface area contributed by atoms with Crippen LogP contribution in [-0.4, -0.2) is 294 Å². The fraction of sp³-hybridized carbons (Fsp3) is 0.607. The zero-order valence-electron chi connectivity index (χ0n) is 49.9. The maximum Gasteiger partial charge on any atom is 3.00 e. The van der Waals surface area contributed by atoms with Crippen molar-refractivity contribution in [1.82, 2.24) is 50.8 Å². The van der Waals surface area contributed by atoms with Crippen molar-refractivity contribution in [3.8, 4) is 0 Å². The Labute approximate surface area is 530 Å². The van der Waals surface area contributed by atoms with Gasteiger partial charge in [-0.15, -0.1) is 0 Å². The number of ether oxygens (including phenoxy) is 2. The van der Waals surface area contributed by atoms with Crippen LogP contribution in [0.3, 0.4) is 0 Å². The van der Waals surface area contributed by atoms with Crippen LogP contribution in [0.25, 0.3) is 0 Å². The van der Waals surface area contributed by atoms with Crippen molar-refractivity contribution in [1.29, 1.82) is 0 Å². The number of carboxylic acid groups (broad SMARTS) is 6. The van der Waals surface area contributed by atoms with Gasteiger partial charge in [0.2, 0.25) is 23.6 Å². The number of H-pyrrole nitrogens is 1. The topological polar surface area (TPSA) is 500 Å². The minimum Gasteiger partial charge on any atom is -0.549 e. The van der Waals surface area contributed by atoms with Gasteiger partial charge in [-0.1, -0.05) is 30.3 Å². The number of carbonyl (C=O) groups excluding carboxylic acids is 10. The predicted octanol–water partition coefficient (Wildman–Crippen LogP) is -8.59. The van der Waals surface area contributed by atoms with Gasteiger partial charge in [-0.05, 0) is 25.3 Å². The Morgan fingerprint density at radius 1 is 0.611 bits per heavy atom. The minimum atomic E-state index is -1.69. The van der Waals surface area contributed by atoms with E-state index in [1.807, 2.05) is 0 Å². The molecule has 4 amide bonds. The number of aliphatic carboxylic acids is 6. The smallest absolute Gasteiger partial charge is 0.549 e. The number of aliphatic hydroxyl groups is 2. The standard InChI is InChI=1S/C56H82N10O23.Ga/c1-35(45(70)24-38(22-40-27-57-34-59-40)54(83)61-42(31-67)46(71)25-37(21-36-5-3-2-4-6-36)53(82)62-43(32-68)55(84)85)60-52(81)39(26-48(73)74)23-41(69)33-89-20-19-88-18-9-58-47(72)8-7-44(56(86)87)66-16-14-64(29-50(77)78)12-10-63(28-49(75)76)11-13-65(15-17-66)30-51(79)80;/h2-6,27,34-35,37-39,42-44,67-68H,7-26,28-33H2,1H3,(H,57,59)(H,58,72)(H,60,81)(H,61,83)(H,62,82)(H,73,74)(H,75,76)(H,77,78)(H,79,80)(H,84,85)(H,86,87);/q;+3/p-3/t35-,37+,38+,39-,42-,43-,44?;/m0./s1. The number of hydrogen-bond donors (Lipinski definition) is 10. The van der Waals surface area contributed by atoms with E-state index in [1.54, 1.807) is 30.3 Å². The van der Waals surface area contributed by atoms with Gasteiger partial charge in [0.25, 0.3) is 0 Å². The number of hydrogen-bond acceptors (Lipinski definition) is 25. The summed E-state index contributed by atoms with van der Waals surface area (Å²) in [5.74, 6) is -18.1. The molecular weight excluding hydrogens is 1250 g/mol. The van der Waals surface area contributed by atoms with Crippen molar-refractivity contribution >= 4 is 96.6 Å². The number of imidazole rings is 1. The Morgan fingerprint density at radius 2 is 1.12 bits per heavy atom. The molecule has 0 saturated carbocycles. The fourth-order valence-electron chi connectivity index (χ4n) is 9.46. The first-order valence-corrected chi connectivity index (χ1v) is 28.6. The molecule has 10 N–H and O–H groups in total. The Morgan fingerprint density at radius 3 is 1.62 bits per heavy atom. The van der Waals surface area contributed by atoms with Crippen LogP contribution in [0.5, 0.6) is 0 Å². The molecule has 494 valence electrons. The second kappa shape index (κ2) is 42.4. The van der Waals surface area contributed by atoms with Crippen LogP contribution in [-0.2, 0) is 84.6 Å². The maximum atomic E-state index is 13.8. The normalized spacial score (nSPS) is 16.1. The molecule has 1 saturated heterocycles. The van der Waals surface area contributed by atoms with Crippen LogP contribution in [0, 0.1) is 17.8 Å². The minimum absolute atomic E-state index is 0. The molecule has 33 nitrogen and oxygen atoms in total. The monoisotopic (exact) mass is 1330 g/mol. The fourth-order valence-corrected chi connectivity index (χ4v) is 9.46. The van der Waals surface area contributed by atoms with Crippen molar-refractivity contribution in [2.45, 2.75) is 82.5 Å². The molecular formula is C56H79GaN10O23. The second-order valence-electron chi connectivity index (χ2n) is 21.2. The molecule has 0 spiro atoms. The number of aliphatic hydroxyl groups excluding tert-OH is 2. The molecule has 1 aromatic carbocycles. The van der Waals surface area contributed by atoms with E-state index in [2.05, 4.69) is 31.2 Å². The SMILES string of the molecule is C[C@H](NC(=O)[C@H](CC(=O)O)CC(=O)COCCOCCNC(=O)CCC(C(=O)O)N1CCN(CC(=O)[O-])CCN(CC(=O)[O-])CCN(CC(=O)[O-])CC1)C(=O)C[C@@H](Cc1cnc[nH]1)C(=O)N[C@@H](CO)C(=O)C[C@@H](Cc1ccccc1)C(=O)N[C@@H](CO)C(=O)O.[Ga+3]. The third-order valence-corrected chi connectivity index (χ3v) is 14.3. The van der Waals surface area contributed by atoms with Gasteiger partial charge in [0.1, 0.15) is 24.7 Å². The predicted molar refractivity (Wildman–Crippen MR) is 304 cm³/mol. The molecule has 0 aliphatic carbocycles. The van der Waals surface area contributed by atoms with E-state index in [0.29, 0.717) is 11.3 Å². The van der Waals surface area contributed by atoms with E-state index < -0.39 is 184 Å². The number of carbonyl (C=O) groups is 13. The van der Waals surface area contributed by atoms with E-state index >= 15 is 0 Å². The number of nitrogens with one attached hydrogen (secondary N) is 5. The number of rotatable bonds is 42. The molecule has 1 aromatic heterocycles. The summed E-state index contributed by atoms with van der Waals surface area (Å²) in [6.45, 7) is -3.01. The zero-order valence-corrected chi connectivity index (χ0v) is 52.3. The van der Waals surface area contributed by atoms with Gasteiger partial charge in [-0.25, -0.2) is 9.78 Å². The van der Waals surface area contributed by atoms with Crippen LogP contribution in [0.15, 0.2) is 42.9 Å². The van der Waals surface area contributed by atoms with Gasteiger partial charge in [0.05, 0.1) is 81.6 Å². The Bertz CT molecular complexity index is 2640. The van der Waals surface area contributed by atoms with E-state index in [0.717, 1.165) is 0 Å². The maximum absolute atomic E-state index is 13.8. The number of aromatic nitrogens is 2. The zero-order chi connectivity index (χ0) is 66.0. The Kier molecular flexibility index (Phi) is 37.0. The van der Waals surface area contributed by atoms with Crippen LogP contribution in [0.1, 0.15) is 56.7 Å². The number of aromatic amines is 1. The Hall–Kier alpha value is -7.54. The molecule has 1 aliphatic rings. The van der Waals surface area contributed by atoms with Gasteiger partial charge in [-0.2, -0.15) is 0 Å². The number of benzene rings is 1. The molecule has 0 bridgehead atoms. The van der Waals surface area contributed by atoms with Crippen molar-refractivity contribution in [3.05, 3.63) is 54.1 Å². The molecule has 90 heavy (non-hydrogen) atoms. The van der Waals surface area contributed by atoms with Gasteiger partial charge in [-0.3, -0.25) is 62.8 Å². The van der Waals surface area contributed by atoms with E-state index in [9.17, 15) is 103 Å². The first-order valence-electron chi connectivity index (χ1n) is 28.6. The van der Waals surface area contributed by atoms with Crippen molar-refractivity contribution in [3.63, 3.8) is 0 Å². The number of amides is 4. The van der Waals surface area contributed by atoms with E-state index in [4.69, 9.17) is 9.47 Å². The first-order chi connectivity index (χ1) is 42.3. The van der Waals surface area contributed by atoms with Crippen LogP contribution < -0.4 is 36.6 Å².